The van der Waals surface area contributed by atoms with Crippen LogP contribution in [0, 0.1) is 0 Å². The quantitative estimate of drug-likeness (QED) is 0.660. The highest BCUT2D eigenvalue weighted by Gasteiger charge is 2.25. The maximum Gasteiger partial charge on any atom is 0.181 e. The van der Waals surface area contributed by atoms with E-state index in [-0.39, 0.29) is 0 Å². The summed E-state index contributed by atoms with van der Waals surface area (Å²) in [6, 6.07) is 8.39. The van der Waals surface area contributed by atoms with Gasteiger partial charge in [-0.25, -0.2) is 9.97 Å². The SMILES string of the molecule is COCc1ocnc1CNC1CCCc2nc(-c3ccc(OC)cc3)sc21. The highest BCUT2D eigenvalue weighted by Crippen LogP contribution is 2.38. The van der Waals surface area contributed by atoms with Crippen LogP contribution >= 0.6 is 11.3 Å². The van der Waals surface area contributed by atoms with Gasteiger partial charge in [0.15, 0.2) is 12.2 Å². The van der Waals surface area contributed by atoms with Gasteiger partial charge >= 0.3 is 0 Å². The first-order valence-corrected chi connectivity index (χ1v) is 9.87. The number of rotatable bonds is 7. The third-order valence-corrected chi connectivity index (χ3v) is 6.06. The largest absolute Gasteiger partial charge is 0.497 e. The molecule has 1 aliphatic rings. The first-order chi connectivity index (χ1) is 13.3. The Labute approximate surface area is 162 Å². The topological polar surface area (TPSA) is 69.4 Å². The molecule has 27 heavy (non-hydrogen) atoms. The Morgan fingerprint density at radius 3 is 2.89 bits per heavy atom. The summed E-state index contributed by atoms with van der Waals surface area (Å²) in [5, 5.41) is 4.70. The van der Waals surface area contributed by atoms with E-state index in [1.54, 1.807) is 25.6 Å². The molecule has 2 heterocycles. The van der Waals surface area contributed by atoms with Crippen molar-refractivity contribution in [1.82, 2.24) is 15.3 Å². The van der Waals surface area contributed by atoms with E-state index >= 15 is 0 Å². The smallest absolute Gasteiger partial charge is 0.181 e. The lowest BCUT2D eigenvalue weighted by Gasteiger charge is -2.22. The third-order valence-electron chi connectivity index (χ3n) is 4.80. The normalized spacial score (nSPS) is 16.3. The van der Waals surface area contributed by atoms with Gasteiger partial charge in [-0.15, -0.1) is 11.3 Å². The Morgan fingerprint density at radius 2 is 2.11 bits per heavy atom. The molecule has 0 fully saturated rings. The molecule has 7 heteroatoms. The van der Waals surface area contributed by atoms with Crippen LogP contribution in [-0.4, -0.2) is 24.2 Å². The third kappa shape index (κ3) is 3.90. The molecule has 0 bridgehead atoms. The maximum atomic E-state index is 5.40. The van der Waals surface area contributed by atoms with Crippen LogP contribution in [0.4, 0.5) is 0 Å². The second-order valence-electron chi connectivity index (χ2n) is 6.54. The summed E-state index contributed by atoms with van der Waals surface area (Å²) in [5.41, 5.74) is 3.25. The average Bonchev–Trinajstić information content (AvgIpc) is 3.33. The van der Waals surface area contributed by atoms with Crippen molar-refractivity contribution in [2.75, 3.05) is 14.2 Å². The number of aryl methyl sites for hydroxylation is 1. The zero-order chi connectivity index (χ0) is 18.6. The monoisotopic (exact) mass is 385 g/mol. The highest BCUT2D eigenvalue weighted by atomic mass is 32.1. The molecule has 1 unspecified atom stereocenters. The molecular formula is C20H23N3O3S. The van der Waals surface area contributed by atoms with Crippen molar-refractivity contribution in [3.8, 4) is 16.3 Å². The van der Waals surface area contributed by atoms with Gasteiger partial charge < -0.3 is 19.2 Å². The van der Waals surface area contributed by atoms with Gasteiger partial charge in [-0.05, 0) is 43.5 Å². The summed E-state index contributed by atoms with van der Waals surface area (Å²) >= 11 is 1.78. The molecule has 2 aromatic heterocycles. The molecular weight excluding hydrogens is 362 g/mol. The van der Waals surface area contributed by atoms with E-state index < -0.39 is 0 Å². The predicted molar refractivity (Wildman–Crippen MR) is 104 cm³/mol. The van der Waals surface area contributed by atoms with Crippen molar-refractivity contribution in [3.63, 3.8) is 0 Å². The summed E-state index contributed by atoms with van der Waals surface area (Å²) in [4.78, 5) is 10.6. The number of nitrogens with one attached hydrogen (secondary N) is 1. The predicted octanol–water partition coefficient (Wildman–Crippen LogP) is 4.12. The molecule has 0 saturated heterocycles. The Morgan fingerprint density at radius 1 is 1.26 bits per heavy atom. The molecule has 1 atom stereocenters. The summed E-state index contributed by atoms with van der Waals surface area (Å²) in [6.07, 6.45) is 4.76. The van der Waals surface area contributed by atoms with Crippen molar-refractivity contribution < 1.29 is 13.9 Å². The van der Waals surface area contributed by atoms with Crippen LogP contribution in [0.15, 0.2) is 35.1 Å². The summed E-state index contributed by atoms with van der Waals surface area (Å²) in [6.45, 7) is 1.10. The van der Waals surface area contributed by atoms with Crippen LogP contribution in [0.3, 0.4) is 0 Å². The number of benzene rings is 1. The molecule has 1 aromatic carbocycles. The number of nitrogens with zero attached hydrogens (tertiary/aromatic N) is 2. The van der Waals surface area contributed by atoms with Crippen molar-refractivity contribution in [2.24, 2.45) is 0 Å². The fourth-order valence-corrected chi connectivity index (χ4v) is 4.60. The summed E-state index contributed by atoms with van der Waals surface area (Å²) in [7, 11) is 3.34. The molecule has 0 radical (unpaired) electrons. The molecule has 4 rings (SSSR count). The van der Waals surface area contributed by atoms with Gasteiger partial charge in [0.1, 0.15) is 17.4 Å². The molecule has 1 aliphatic carbocycles. The van der Waals surface area contributed by atoms with E-state index in [4.69, 9.17) is 18.9 Å². The first kappa shape index (κ1) is 18.2. The number of fused-ring (bicyclic) bond motifs is 1. The van der Waals surface area contributed by atoms with E-state index in [9.17, 15) is 0 Å². The number of thiazole rings is 1. The molecule has 0 saturated carbocycles. The minimum Gasteiger partial charge on any atom is -0.497 e. The van der Waals surface area contributed by atoms with E-state index in [1.807, 2.05) is 12.1 Å². The van der Waals surface area contributed by atoms with Crippen molar-refractivity contribution in [1.29, 1.82) is 0 Å². The second-order valence-corrected chi connectivity index (χ2v) is 7.57. The van der Waals surface area contributed by atoms with Crippen LogP contribution in [-0.2, 0) is 24.3 Å². The van der Waals surface area contributed by atoms with Gasteiger partial charge in [0.25, 0.3) is 0 Å². The van der Waals surface area contributed by atoms with Crippen LogP contribution < -0.4 is 10.1 Å². The number of hydrogen-bond acceptors (Lipinski definition) is 7. The van der Waals surface area contributed by atoms with E-state index in [2.05, 4.69) is 22.4 Å². The number of ether oxygens (including phenoxy) is 2. The molecule has 6 nitrogen and oxygen atoms in total. The van der Waals surface area contributed by atoms with Gasteiger partial charge in [0.05, 0.1) is 18.5 Å². The first-order valence-electron chi connectivity index (χ1n) is 9.06. The molecule has 1 N–H and O–H groups in total. The van der Waals surface area contributed by atoms with Crippen LogP contribution in [0.1, 0.15) is 40.9 Å². The van der Waals surface area contributed by atoms with E-state index in [0.717, 1.165) is 47.0 Å². The number of methoxy groups -OCH3 is 2. The molecule has 142 valence electrons. The Kier molecular flexibility index (Phi) is 5.52. The lowest BCUT2D eigenvalue weighted by molar-refractivity contribution is 0.163. The minimum absolute atomic E-state index is 0.297. The van der Waals surface area contributed by atoms with E-state index in [0.29, 0.717) is 19.2 Å². The molecule has 0 aliphatic heterocycles. The van der Waals surface area contributed by atoms with Crippen molar-refractivity contribution in [2.45, 2.75) is 38.5 Å². The minimum atomic E-state index is 0.297. The van der Waals surface area contributed by atoms with Crippen LogP contribution in [0.5, 0.6) is 5.75 Å². The lowest BCUT2D eigenvalue weighted by Crippen LogP contribution is -2.24. The number of aromatic nitrogens is 2. The van der Waals surface area contributed by atoms with Gasteiger partial charge in [-0.2, -0.15) is 0 Å². The molecule has 0 spiro atoms. The van der Waals surface area contributed by atoms with Gasteiger partial charge in [0.2, 0.25) is 0 Å². The highest BCUT2D eigenvalue weighted by molar-refractivity contribution is 7.15. The van der Waals surface area contributed by atoms with Gasteiger partial charge in [-0.3, -0.25) is 0 Å². The standard InChI is InChI=1S/C20H23N3O3S/c1-24-11-18-17(22-12-26-18)10-21-15-4-3-5-16-19(15)27-20(23-16)13-6-8-14(25-2)9-7-13/h6-9,12,15,21H,3-5,10-11H2,1-2H3. The summed E-state index contributed by atoms with van der Waals surface area (Å²) < 4.78 is 15.8. The van der Waals surface area contributed by atoms with Crippen LogP contribution in [0.25, 0.3) is 10.6 Å². The van der Waals surface area contributed by atoms with Gasteiger partial charge in [0, 0.05) is 30.1 Å². The Bertz CT molecular complexity index is 888. The zero-order valence-electron chi connectivity index (χ0n) is 15.5. The molecule has 3 aromatic rings. The zero-order valence-corrected chi connectivity index (χ0v) is 16.3. The van der Waals surface area contributed by atoms with Crippen molar-refractivity contribution >= 4 is 11.3 Å². The maximum absolute atomic E-state index is 5.40. The van der Waals surface area contributed by atoms with Crippen LogP contribution in [0.2, 0.25) is 0 Å². The fraction of sp³-hybridized carbons (Fsp3) is 0.400. The fourth-order valence-electron chi connectivity index (χ4n) is 3.38. The average molecular weight is 385 g/mol. The lowest BCUT2D eigenvalue weighted by atomic mass is 9.98. The summed E-state index contributed by atoms with van der Waals surface area (Å²) in [5.74, 6) is 1.64. The van der Waals surface area contributed by atoms with Crippen molar-refractivity contribution in [3.05, 3.63) is 52.7 Å². The van der Waals surface area contributed by atoms with E-state index in [1.165, 1.54) is 17.0 Å². The number of oxazole rings is 1. The van der Waals surface area contributed by atoms with Gasteiger partial charge in [-0.1, -0.05) is 0 Å². The number of hydrogen-bond donors (Lipinski definition) is 1. The Balaban J connectivity index is 1.51. The Hall–Kier alpha value is -2.22. The molecule has 0 amide bonds. The second kappa shape index (κ2) is 8.21.